The van der Waals surface area contributed by atoms with Crippen molar-refractivity contribution in [2.75, 3.05) is 11.9 Å². The third kappa shape index (κ3) is 5.27. The first kappa shape index (κ1) is 21.1. The normalized spacial score (nSPS) is 22.6. The van der Waals surface area contributed by atoms with E-state index in [4.69, 9.17) is 4.99 Å². The highest BCUT2D eigenvalue weighted by molar-refractivity contribution is 6.06. The Balaban J connectivity index is 1.83. The van der Waals surface area contributed by atoms with Gasteiger partial charge in [0.15, 0.2) is 0 Å². The van der Waals surface area contributed by atoms with Crippen LogP contribution < -0.4 is 5.32 Å². The summed E-state index contributed by atoms with van der Waals surface area (Å²) in [6.07, 6.45) is 9.95. The van der Waals surface area contributed by atoms with Gasteiger partial charge in [-0.3, -0.25) is 4.99 Å². The number of benzene rings is 1. The molecule has 0 saturated carbocycles. The van der Waals surface area contributed by atoms with Gasteiger partial charge in [-0.1, -0.05) is 66.0 Å². The highest BCUT2D eigenvalue weighted by Crippen LogP contribution is 2.35. The number of nitrogens with one attached hydrogen (secondary N) is 1. The Morgan fingerprint density at radius 2 is 1.93 bits per heavy atom. The highest BCUT2D eigenvalue weighted by Gasteiger charge is 2.27. The van der Waals surface area contributed by atoms with E-state index in [1.165, 1.54) is 72.3 Å². The lowest BCUT2D eigenvalue weighted by Gasteiger charge is -2.28. The van der Waals surface area contributed by atoms with E-state index < -0.39 is 0 Å². The van der Waals surface area contributed by atoms with Crippen molar-refractivity contribution < 1.29 is 0 Å². The molecule has 0 amide bonds. The van der Waals surface area contributed by atoms with Crippen LogP contribution >= 0.6 is 0 Å². The minimum Gasteiger partial charge on any atom is -0.385 e. The summed E-state index contributed by atoms with van der Waals surface area (Å²) in [6.45, 7) is 12.7. The number of nitrogens with zero attached hydrogens (tertiary/aromatic N) is 1. The lowest BCUT2D eigenvalue weighted by atomic mass is 9.84. The fourth-order valence-electron chi connectivity index (χ4n) is 4.73. The summed E-state index contributed by atoms with van der Waals surface area (Å²) >= 11 is 0. The van der Waals surface area contributed by atoms with Crippen molar-refractivity contribution in [2.24, 2.45) is 22.7 Å². The monoisotopic (exact) mass is 380 g/mol. The molecule has 0 fully saturated rings. The molecule has 0 spiro atoms. The lowest BCUT2D eigenvalue weighted by molar-refractivity contribution is 0.437. The van der Waals surface area contributed by atoms with Gasteiger partial charge in [-0.15, -0.1) is 0 Å². The van der Waals surface area contributed by atoms with Crippen molar-refractivity contribution in [1.29, 1.82) is 0 Å². The summed E-state index contributed by atoms with van der Waals surface area (Å²) in [6, 6.07) is 7.17. The Morgan fingerprint density at radius 3 is 2.68 bits per heavy atom. The van der Waals surface area contributed by atoms with Gasteiger partial charge in [0.25, 0.3) is 0 Å². The summed E-state index contributed by atoms with van der Waals surface area (Å²) < 4.78 is 0. The number of allylic oxidation sites excluding steroid dienone is 2. The Morgan fingerprint density at radius 1 is 1.11 bits per heavy atom. The fraction of sp³-hybridized carbons (Fsp3) is 0.654. The maximum Gasteiger partial charge on any atom is 0.0485 e. The van der Waals surface area contributed by atoms with E-state index in [0.29, 0.717) is 17.8 Å². The van der Waals surface area contributed by atoms with Crippen LogP contribution in [0.5, 0.6) is 0 Å². The molecule has 0 bridgehead atoms. The summed E-state index contributed by atoms with van der Waals surface area (Å²) in [5.74, 6) is 1.91. The lowest BCUT2D eigenvalue weighted by Crippen LogP contribution is -2.22. The first-order valence-electron chi connectivity index (χ1n) is 11.6. The summed E-state index contributed by atoms with van der Waals surface area (Å²) in [7, 11) is 0. The zero-order chi connectivity index (χ0) is 20.1. The molecule has 0 radical (unpaired) electrons. The number of unbranched alkanes of at least 4 members (excludes halogenated alkanes) is 3. The first-order chi connectivity index (χ1) is 13.5. The van der Waals surface area contributed by atoms with Crippen LogP contribution in [0.2, 0.25) is 0 Å². The zero-order valence-electron chi connectivity index (χ0n) is 18.8. The minimum atomic E-state index is 0.521. The van der Waals surface area contributed by atoms with E-state index in [9.17, 15) is 0 Å². The summed E-state index contributed by atoms with van der Waals surface area (Å²) in [4.78, 5) is 4.95. The van der Waals surface area contributed by atoms with E-state index in [1.807, 2.05) is 0 Å². The largest absolute Gasteiger partial charge is 0.385 e. The van der Waals surface area contributed by atoms with Crippen molar-refractivity contribution in [3.05, 3.63) is 40.6 Å². The predicted molar refractivity (Wildman–Crippen MR) is 123 cm³/mol. The molecule has 0 aliphatic carbocycles. The van der Waals surface area contributed by atoms with Gasteiger partial charge >= 0.3 is 0 Å². The fourth-order valence-corrected chi connectivity index (χ4v) is 4.73. The second-order valence-corrected chi connectivity index (χ2v) is 9.59. The van der Waals surface area contributed by atoms with E-state index >= 15 is 0 Å². The minimum absolute atomic E-state index is 0.521. The number of rotatable bonds is 6. The van der Waals surface area contributed by atoms with Crippen LogP contribution in [0, 0.1) is 17.8 Å². The van der Waals surface area contributed by atoms with Gasteiger partial charge in [0, 0.05) is 30.1 Å². The van der Waals surface area contributed by atoms with Crippen molar-refractivity contribution in [3.63, 3.8) is 0 Å². The predicted octanol–water partition coefficient (Wildman–Crippen LogP) is 7.19. The number of aliphatic imine (C=N–C) groups is 1. The van der Waals surface area contributed by atoms with Crippen molar-refractivity contribution in [1.82, 2.24) is 0 Å². The second kappa shape index (κ2) is 9.76. The molecule has 2 heterocycles. The average molecular weight is 381 g/mol. The van der Waals surface area contributed by atoms with E-state index in [2.05, 4.69) is 58.1 Å². The van der Waals surface area contributed by atoms with Crippen LogP contribution in [0.4, 0.5) is 5.69 Å². The van der Waals surface area contributed by atoms with Crippen LogP contribution in [0.3, 0.4) is 0 Å². The van der Waals surface area contributed by atoms with Crippen LogP contribution in [-0.2, 0) is 12.8 Å². The van der Waals surface area contributed by atoms with Gasteiger partial charge in [0.1, 0.15) is 0 Å². The Kier molecular flexibility index (Phi) is 7.37. The second-order valence-electron chi connectivity index (χ2n) is 9.59. The molecule has 2 aliphatic heterocycles. The van der Waals surface area contributed by atoms with Gasteiger partial charge in [-0.25, -0.2) is 0 Å². The van der Waals surface area contributed by atoms with Crippen molar-refractivity contribution in [2.45, 2.75) is 86.0 Å². The molecular formula is C26H40N2. The van der Waals surface area contributed by atoms with Crippen LogP contribution in [0.15, 0.2) is 34.5 Å². The Labute approximate surface area is 172 Å². The van der Waals surface area contributed by atoms with Crippen LogP contribution in [-0.4, -0.2) is 12.3 Å². The topological polar surface area (TPSA) is 24.4 Å². The maximum absolute atomic E-state index is 4.95. The van der Waals surface area contributed by atoms with E-state index in [0.717, 1.165) is 19.4 Å². The molecule has 0 saturated heterocycles. The average Bonchev–Trinajstić information content (AvgIpc) is 2.66. The summed E-state index contributed by atoms with van der Waals surface area (Å²) in [5, 5.41) is 3.81. The van der Waals surface area contributed by atoms with Gasteiger partial charge in [-0.2, -0.15) is 0 Å². The molecule has 3 rings (SSSR count). The van der Waals surface area contributed by atoms with Crippen molar-refractivity contribution >= 4 is 11.4 Å². The zero-order valence-corrected chi connectivity index (χ0v) is 18.8. The molecule has 2 aliphatic rings. The highest BCUT2D eigenvalue weighted by atomic mass is 14.9. The molecule has 2 heteroatoms. The molecular weight excluding hydrogens is 340 g/mol. The number of fused-ring (bicyclic) bond motifs is 2. The van der Waals surface area contributed by atoms with Gasteiger partial charge in [0.05, 0.1) is 0 Å². The molecule has 0 aromatic heterocycles. The quantitative estimate of drug-likeness (QED) is 0.519. The molecule has 2 atom stereocenters. The van der Waals surface area contributed by atoms with Gasteiger partial charge < -0.3 is 5.32 Å². The maximum atomic E-state index is 4.95. The summed E-state index contributed by atoms with van der Waals surface area (Å²) in [5.41, 5.74) is 8.52. The molecule has 2 nitrogen and oxygen atoms in total. The number of hydrogen-bond acceptors (Lipinski definition) is 2. The third-order valence-electron chi connectivity index (χ3n) is 6.31. The van der Waals surface area contributed by atoms with E-state index in [-0.39, 0.29) is 0 Å². The number of anilines is 1. The molecule has 2 unspecified atom stereocenters. The Hall–Kier alpha value is -1.57. The van der Waals surface area contributed by atoms with Crippen LogP contribution in [0.25, 0.3) is 0 Å². The standard InChI is InChI=1S/C26H40N2/c1-6-7-8-9-10-21-11-12-22-16-23-25(28-26(23)18(2)3)14-19(4)13-20(5)17-27-24(22)15-21/h11-12,15,18-20,27H,6-10,13-14,16-17H2,1-5H3. The SMILES string of the molecule is CCCCCCc1ccc2c(c1)NCC(C)CC(C)CC1=NC(C(C)C)=C1C2. The Bertz CT molecular complexity index is 726. The molecule has 1 N–H and O–H groups in total. The number of hydrogen-bond donors (Lipinski definition) is 1. The molecule has 1 aromatic rings. The van der Waals surface area contributed by atoms with Crippen molar-refractivity contribution in [3.8, 4) is 0 Å². The molecule has 154 valence electrons. The van der Waals surface area contributed by atoms with Crippen LogP contribution in [0.1, 0.15) is 84.3 Å². The molecule has 28 heavy (non-hydrogen) atoms. The third-order valence-corrected chi connectivity index (χ3v) is 6.31. The number of aryl methyl sites for hydroxylation is 1. The van der Waals surface area contributed by atoms with E-state index in [1.54, 1.807) is 0 Å². The smallest absolute Gasteiger partial charge is 0.0485 e. The first-order valence-corrected chi connectivity index (χ1v) is 11.6. The van der Waals surface area contributed by atoms with Gasteiger partial charge in [-0.05, 0) is 66.2 Å². The molecule has 1 aromatic carbocycles. The van der Waals surface area contributed by atoms with Gasteiger partial charge in [0.2, 0.25) is 0 Å².